The fraction of sp³-hybridized carbons (Fsp3) is 0.154. The Balaban J connectivity index is 2.54. The lowest BCUT2D eigenvalue weighted by Gasteiger charge is -2.01. The van der Waals surface area contributed by atoms with E-state index in [1.165, 1.54) is 0 Å². The Labute approximate surface area is 88.2 Å². The Bertz CT molecular complexity index is 538. The first-order valence-corrected chi connectivity index (χ1v) is 4.93. The Hall–Kier alpha value is -1.83. The SMILES string of the molecule is C=c1cccc2c1=C(OC(=O)CC)C=C2. The third kappa shape index (κ3) is 1.71. The second-order valence-corrected chi connectivity index (χ2v) is 3.41. The molecule has 2 nitrogen and oxygen atoms in total. The van der Waals surface area contributed by atoms with Crippen molar-refractivity contribution in [3.05, 3.63) is 40.3 Å². The van der Waals surface area contributed by atoms with E-state index in [4.69, 9.17) is 4.74 Å². The average molecular weight is 200 g/mol. The largest absolute Gasteiger partial charge is 0.426 e. The highest BCUT2D eigenvalue weighted by Crippen LogP contribution is 2.10. The van der Waals surface area contributed by atoms with Crippen LogP contribution in [0.15, 0.2) is 24.3 Å². The summed E-state index contributed by atoms with van der Waals surface area (Å²) < 4.78 is 5.22. The normalized spacial score (nSPS) is 12.7. The van der Waals surface area contributed by atoms with Crippen molar-refractivity contribution < 1.29 is 9.53 Å². The summed E-state index contributed by atoms with van der Waals surface area (Å²) in [6.45, 7) is 5.70. The minimum Gasteiger partial charge on any atom is -0.426 e. The van der Waals surface area contributed by atoms with Crippen LogP contribution in [0, 0.1) is 0 Å². The van der Waals surface area contributed by atoms with E-state index in [-0.39, 0.29) is 5.97 Å². The smallest absolute Gasteiger partial charge is 0.310 e. The molecule has 0 fully saturated rings. The predicted octanol–water partition coefficient (Wildman–Crippen LogP) is 1.19. The van der Waals surface area contributed by atoms with Crippen LogP contribution in [0.3, 0.4) is 0 Å². The molecule has 0 N–H and O–H groups in total. The Morgan fingerprint density at radius 3 is 2.93 bits per heavy atom. The summed E-state index contributed by atoms with van der Waals surface area (Å²) in [4.78, 5) is 11.2. The van der Waals surface area contributed by atoms with E-state index >= 15 is 0 Å². The number of hydrogen-bond donors (Lipinski definition) is 0. The van der Waals surface area contributed by atoms with E-state index in [1.54, 1.807) is 6.92 Å². The first kappa shape index (κ1) is 9.71. The molecule has 1 aromatic rings. The first-order valence-electron chi connectivity index (χ1n) is 4.93. The third-order valence-corrected chi connectivity index (χ3v) is 2.36. The molecule has 0 amide bonds. The molecule has 0 bridgehead atoms. The van der Waals surface area contributed by atoms with E-state index in [1.807, 2.05) is 30.4 Å². The van der Waals surface area contributed by atoms with Crippen molar-refractivity contribution in [3.8, 4) is 0 Å². The topological polar surface area (TPSA) is 26.3 Å². The Kier molecular flexibility index (Phi) is 2.42. The molecule has 1 aliphatic carbocycles. The van der Waals surface area contributed by atoms with Gasteiger partial charge in [-0.15, -0.1) is 0 Å². The molecule has 0 radical (unpaired) electrons. The molecule has 0 unspecified atom stereocenters. The summed E-state index contributed by atoms with van der Waals surface area (Å²) in [5, 5.41) is 1.82. The summed E-state index contributed by atoms with van der Waals surface area (Å²) in [7, 11) is 0. The van der Waals surface area contributed by atoms with E-state index in [0.717, 1.165) is 16.0 Å². The van der Waals surface area contributed by atoms with E-state index in [9.17, 15) is 4.79 Å². The molecule has 0 heterocycles. The highest BCUT2D eigenvalue weighted by Gasteiger charge is 2.10. The highest BCUT2D eigenvalue weighted by atomic mass is 16.5. The highest BCUT2D eigenvalue weighted by molar-refractivity contribution is 5.81. The summed E-state index contributed by atoms with van der Waals surface area (Å²) in [6, 6.07) is 5.83. The van der Waals surface area contributed by atoms with Crippen LogP contribution < -0.4 is 10.4 Å². The van der Waals surface area contributed by atoms with Crippen molar-refractivity contribution in [1.82, 2.24) is 0 Å². The lowest BCUT2D eigenvalue weighted by atomic mass is 10.2. The standard InChI is InChI=1S/C13H12O2/c1-3-12(14)15-11-8-7-10-6-4-5-9(2)13(10)11/h4-8H,2-3H2,1H3. The van der Waals surface area contributed by atoms with Crippen LogP contribution in [-0.2, 0) is 9.53 Å². The number of carbonyl (C=O) groups is 1. The van der Waals surface area contributed by atoms with Gasteiger partial charge in [0.05, 0.1) is 0 Å². The van der Waals surface area contributed by atoms with Gasteiger partial charge in [-0.3, -0.25) is 4.79 Å². The number of rotatable bonds is 2. The molecule has 1 aliphatic rings. The molecule has 0 saturated heterocycles. The molecule has 2 rings (SSSR count). The number of benzene rings is 1. The average Bonchev–Trinajstić information content (AvgIpc) is 2.63. The van der Waals surface area contributed by atoms with E-state index in [0.29, 0.717) is 12.2 Å². The van der Waals surface area contributed by atoms with Crippen LogP contribution in [0.1, 0.15) is 18.9 Å². The fourth-order valence-electron chi connectivity index (χ4n) is 1.59. The second kappa shape index (κ2) is 3.73. The maximum Gasteiger partial charge on any atom is 0.310 e. The summed E-state index contributed by atoms with van der Waals surface area (Å²) in [5.41, 5.74) is 1.06. The molecule has 1 aromatic carbocycles. The molecule has 15 heavy (non-hydrogen) atoms. The molecule has 0 aromatic heterocycles. The fourth-order valence-corrected chi connectivity index (χ4v) is 1.59. The van der Waals surface area contributed by atoms with Gasteiger partial charge in [0.25, 0.3) is 0 Å². The number of fused-ring (bicyclic) bond motifs is 1. The monoisotopic (exact) mass is 200 g/mol. The minimum atomic E-state index is -0.217. The first-order chi connectivity index (χ1) is 7.22. The van der Waals surface area contributed by atoms with Gasteiger partial charge in [0.2, 0.25) is 0 Å². The third-order valence-electron chi connectivity index (χ3n) is 2.36. The van der Waals surface area contributed by atoms with Crippen molar-refractivity contribution in [2.75, 3.05) is 0 Å². The molecular formula is C13H12O2. The lowest BCUT2D eigenvalue weighted by molar-refractivity contribution is -0.136. The van der Waals surface area contributed by atoms with E-state index in [2.05, 4.69) is 6.58 Å². The van der Waals surface area contributed by atoms with Gasteiger partial charge in [-0.25, -0.2) is 0 Å². The second-order valence-electron chi connectivity index (χ2n) is 3.41. The number of ether oxygens (including phenoxy) is 1. The van der Waals surface area contributed by atoms with Gasteiger partial charge in [-0.1, -0.05) is 37.8 Å². The zero-order valence-electron chi connectivity index (χ0n) is 8.62. The zero-order valence-corrected chi connectivity index (χ0v) is 8.62. The maximum atomic E-state index is 11.2. The molecule has 0 atom stereocenters. The summed E-state index contributed by atoms with van der Waals surface area (Å²) in [6.07, 6.45) is 4.13. The number of hydrogen-bond acceptors (Lipinski definition) is 2. The van der Waals surface area contributed by atoms with Gasteiger partial charge >= 0.3 is 5.97 Å². The Morgan fingerprint density at radius 1 is 1.40 bits per heavy atom. The molecule has 0 saturated carbocycles. The van der Waals surface area contributed by atoms with Crippen molar-refractivity contribution in [3.63, 3.8) is 0 Å². The van der Waals surface area contributed by atoms with E-state index < -0.39 is 0 Å². The lowest BCUT2D eigenvalue weighted by Crippen LogP contribution is -2.27. The van der Waals surface area contributed by atoms with Crippen LogP contribution in [0.2, 0.25) is 0 Å². The number of esters is 1. The van der Waals surface area contributed by atoms with Crippen LogP contribution >= 0.6 is 0 Å². The molecule has 0 spiro atoms. The van der Waals surface area contributed by atoms with Crippen molar-refractivity contribution in [2.45, 2.75) is 13.3 Å². The van der Waals surface area contributed by atoms with Crippen LogP contribution in [0.25, 0.3) is 18.4 Å². The van der Waals surface area contributed by atoms with Crippen LogP contribution in [0.5, 0.6) is 0 Å². The molecule has 0 aliphatic heterocycles. The predicted molar refractivity (Wildman–Crippen MR) is 60.0 cm³/mol. The molecular weight excluding hydrogens is 188 g/mol. The van der Waals surface area contributed by atoms with Gasteiger partial charge in [0.1, 0.15) is 5.76 Å². The minimum absolute atomic E-state index is 0.217. The quantitative estimate of drug-likeness (QED) is 0.670. The van der Waals surface area contributed by atoms with Crippen molar-refractivity contribution in [2.24, 2.45) is 0 Å². The van der Waals surface area contributed by atoms with Gasteiger partial charge in [0.15, 0.2) is 0 Å². The van der Waals surface area contributed by atoms with Gasteiger partial charge in [-0.05, 0) is 16.9 Å². The van der Waals surface area contributed by atoms with Gasteiger partial charge < -0.3 is 4.74 Å². The number of carbonyl (C=O) groups excluding carboxylic acids is 1. The maximum absolute atomic E-state index is 11.2. The summed E-state index contributed by atoms with van der Waals surface area (Å²) in [5.74, 6) is 0.396. The van der Waals surface area contributed by atoms with Crippen LogP contribution in [-0.4, -0.2) is 5.97 Å². The summed E-state index contributed by atoms with van der Waals surface area (Å²) >= 11 is 0. The zero-order chi connectivity index (χ0) is 10.8. The van der Waals surface area contributed by atoms with Crippen molar-refractivity contribution in [1.29, 1.82) is 0 Å². The van der Waals surface area contributed by atoms with Crippen molar-refractivity contribution >= 4 is 24.4 Å². The molecule has 2 heteroatoms. The Morgan fingerprint density at radius 2 is 2.20 bits per heavy atom. The van der Waals surface area contributed by atoms with Crippen LogP contribution in [0.4, 0.5) is 0 Å². The molecule has 76 valence electrons. The van der Waals surface area contributed by atoms with Gasteiger partial charge in [-0.2, -0.15) is 0 Å². The van der Waals surface area contributed by atoms with Gasteiger partial charge in [0, 0.05) is 11.6 Å².